The Labute approximate surface area is 112 Å². The highest BCUT2D eigenvalue weighted by Gasteiger charge is 2.11. The number of H-pyrrole nitrogens is 1. The number of imidazole rings is 1. The fraction of sp³-hybridized carbons (Fsp3) is 0.0769. The normalized spacial score (nSPS) is 11.4. The van der Waals surface area contributed by atoms with Gasteiger partial charge in [0.1, 0.15) is 5.52 Å². The van der Waals surface area contributed by atoms with Crippen molar-refractivity contribution in [1.82, 2.24) is 29.1 Å². The Kier molecular flexibility index (Phi) is 2.06. The molecule has 0 aromatic carbocycles. The van der Waals surface area contributed by atoms with Crippen LogP contribution in [-0.4, -0.2) is 29.1 Å². The Balaban J connectivity index is 2.00. The van der Waals surface area contributed by atoms with Gasteiger partial charge in [-0.15, -0.1) is 0 Å². The summed E-state index contributed by atoms with van der Waals surface area (Å²) < 4.78 is 3.24. The Morgan fingerprint density at radius 2 is 2.10 bits per heavy atom. The van der Waals surface area contributed by atoms with Crippen molar-refractivity contribution in [1.29, 1.82) is 0 Å². The molecule has 0 radical (unpaired) electrons. The molecule has 0 bridgehead atoms. The van der Waals surface area contributed by atoms with Gasteiger partial charge in [0.15, 0.2) is 11.5 Å². The standard InChI is InChI=1S/C13H10N6O/c1-18-10-7-14-11(16-12(10)17-13(18)20)8-6-15-19-5-3-2-4-9(8)19/h2-7H,1H3,(H,14,16,17,20). The SMILES string of the molecule is Cn1c(=O)[nH]c2nc(-c3cnn4ccccc34)ncc21. The molecule has 1 N–H and O–H groups in total. The fourth-order valence-electron chi connectivity index (χ4n) is 2.24. The number of pyridine rings is 1. The summed E-state index contributed by atoms with van der Waals surface area (Å²) in [5.74, 6) is 0.542. The second-order valence-electron chi connectivity index (χ2n) is 4.51. The average molecular weight is 266 g/mol. The number of nitrogens with zero attached hydrogens (tertiary/aromatic N) is 5. The number of aryl methyl sites for hydroxylation is 1. The topological polar surface area (TPSA) is 80.9 Å². The van der Waals surface area contributed by atoms with E-state index in [0.717, 1.165) is 11.1 Å². The molecule has 0 fully saturated rings. The number of fused-ring (bicyclic) bond motifs is 2. The lowest BCUT2D eigenvalue weighted by Gasteiger charge is -1.98. The molecular weight excluding hydrogens is 256 g/mol. The highest BCUT2D eigenvalue weighted by atomic mass is 16.1. The summed E-state index contributed by atoms with van der Waals surface area (Å²) in [5, 5.41) is 4.26. The van der Waals surface area contributed by atoms with Gasteiger partial charge < -0.3 is 0 Å². The van der Waals surface area contributed by atoms with E-state index in [9.17, 15) is 4.79 Å². The van der Waals surface area contributed by atoms with E-state index in [-0.39, 0.29) is 5.69 Å². The molecule has 4 rings (SSSR count). The van der Waals surface area contributed by atoms with Crippen molar-refractivity contribution >= 4 is 16.7 Å². The van der Waals surface area contributed by atoms with E-state index >= 15 is 0 Å². The van der Waals surface area contributed by atoms with Crippen LogP contribution in [0.4, 0.5) is 0 Å². The van der Waals surface area contributed by atoms with Crippen molar-refractivity contribution in [2.45, 2.75) is 0 Å². The van der Waals surface area contributed by atoms with Gasteiger partial charge in [-0.2, -0.15) is 5.10 Å². The molecule has 0 saturated carbocycles. The highest BCUT2D eigenvalue weighted by molar-refractivity contribution is 5.79. The minimum absolute atomic E-state index is 0.202. The van der Waals surface area contributed by atoms with Crippen LogP contribution in [0.2, 0.25) is 0 Å². The van der Waals surface area contributed by atoms with Gasteiger partial charge in [-0.1, -0.05) is 6.07 Å². The molecule has 4 aromatic heterocycles. The fourth-order valence-corrected chi connectivity index (χ4v) is 2.24. The van der Waals surface area contributed by atoms with Crippen LogP contribution < -0.4 is 5.69 Å². The molecule has 4 heterocycles. The van der Waals surface area contributed by atoms with Crippen molar-refractivity contribution < 1.29 is 0 Å². The largest absolute Gasteiger partial charge is 0.327 e. The zero-order valence-electron chi connectivity index (χ0n) is 10.6. The number of hydrogen-bond donors (Lipinski definition) is 1. The van der Waals surface area contributed by atoms with Crippen LogP contribution in [0.5, 0.6) is 0 Å². The van der Waals surface area contributed by atoms with E-state index in [0.29, 0.717) is 17.0 Å². The van der Waals surface area contributed by atoms with Crippen molar-refractivity contribution in [3.63, 3.8) is 0 Å². The summed E-state index contributed by atoms with van der Waals surface area (Å²) in [5.41, 5.74) is 2.75. The number of rotatable bonds is 1. The van der Waals surface area contributed by atoms with Crippen LogP contribution in [0.1, 0.15) is 0 Å². The smallest absolute Gasteiger partial charge is 0.292 e. The molecule has 98 valence electrons. The zero-order chi connectivity index (χ0) is 13.7. The third kappa shape index (κ3) is 1.40. The quantitative estimate of drug-likeness (QED) is 0.556. The summed E-state index contributed by atoms with van der Waals surface area (Å²) >= 11 is 0. The maximum atomic E-state index is 11.6. The summed E-state index contributed by atoms with van der Waals surface area (Å²) in [6.45, 7) is 0. The Hall–Kier alpha value is -2.96. The summed E-state index contributed by atoms with van der Waals surface area (Å²) in [6, 6.07) is 5.79. The molecule has 0 atom stereocenters. The van der Waals surface area contributed by atoms with Crippen LogP contribution in [0.25, 0.3) is 28.1 Å². The van der Waals surface area contributed by atoms with Crippen LogP contribution in [-0.2, 0) is 7.05 Å². The molecule has 4 aromatic rings. The molecule has 0 unspecified atom stereocenters. The first kappa shape index (κ1) is 10.9. The van der Waals surface area contributed by atoms with E-state index in [1.165, 1.54) is 4.57 Å². The second-order valence-corrected chi connectivity index (χ2v) is 4.51. The van der Waals surface area contributed by atoms with Gasteiger partial charge in [0.05, 0.1) is 23.5 Å². The maximum absolute atomic E-state index is 11.6. The third-order valence-electron chi connectivity index (χ3n) is 3.33. The van der Waals surface area contributed by atoms with E-state index < -0.39 is 0 Å². The van der Waals surface area contributed by atoms with Crippen LogP contribution >= 0.6 is 0 Å². The van der Waals surface area contributed by atoms with Crippen molar-refractivity contribution in [2.24, 2.45) is 7.05 Å². The summed E-state index contributed by atoms with van der Waals surface area (Å²) in [7, 11) is 1.68. The lowest BCUT2D eigenvalue weighted by atomic mass is 10.2. The number of hydrogen-bond acceptors (Lipinski definition) is 4. The molecule has 7 heteroatoms. The van der Waals surface area contributed by atoms with E-state index in [4.69, 9.17) is 0 Å². The summed E-state index contributed by atoms with van der Waals surface area (Å²) in [6.07, 6.45) is 5.22. The zero-order valence-corrected chi connectivity index (χ0v) is 10.6. The molecule has 7 nitrogen and oxygen atoms in total. The van der Waals surface area contributed by atoms with Gasteiger partial charge >= 0.3 is 5.69 Å². The molecule has 0 saturated heterocycles. The summed E-state index contributed by atoms with van der Waals surface area (Å²) in [4.78, 5) is 23.0. The minimum atomic E-state index is -0.202. The molecule has 0 aliphatic rings. The first-order chi connectivity index (χ1) is 9.74. The van der Waals surface area contributed by atoms with Crippen LogP contribution in [0, 0.1) is 0 Å². The molecule has 20 heavy (non-hydrogen) atoms. The molecule has 0 aliphatic heterocycles. The molecular formula is C13H10N6O. The Morgan fingerprint density at radius 3 is 3.00 bits per heavy atom. The van der Waals surface area contributed by atoms with Gasteiger partial charge in [0.25, 0.3) is 0 Å². The van der Waals surface area contributed by atoms with E-state index in [1.54, 1.807) is 24.0 Å². The second kappa shape index (κ2) is 3.77. The maximum Gasteiger partial charge on any atom is 0.327 e. The average Bonchev–Trinajstić information content (AvgIpc) is 3.01. The lowest BCUT2D eigenvalue weighted by molar-refractivity contribution is 0.890. The Morgan fingerprint density at radius 1 is 1.20 bits per heavy atom. The van der Waals surface area contributed by atoms with Gasteiger partial charge in [-0.3, -0.25) is 9.55 Å². The van der Waals surface area contributed by atoms with E-state index in [1.807, 2.05) is 24.4 Å². The minimum Gasteiger partial charge on any atom is -0.292 e. The lowest BCUT2D eigenvalue weighted by Crippen LogP contribution is -2.11. The molecule has 0 amide bonds. The van der Waals surface area contributed by atoms with Gasteiger partial charge in [0.2, 0.25) is 0 Å². The first-order valence-electron chi connectivity index (χ1n) is 6.08. The first-order valence-corrected chi connectivity index (χ1v) is 6.08. The number of nitrogens with one attached hydrogen (secondary N) is 1. The molecule has 0 spiro atoms. The van der Waals surface area contributed by atoms with Crippen molar-refractivity contribution in [3.8, 4) is 11.4 Å². The third-order valence-corrected chi connectivity index (χ3v) is 3.33. The predicted octanol–water partition coefficient (Wildman–Crippen LogP) is 0.971. The number of aromatic amines is 1. The van der Waals surface area contributed by atoms with Crippen LogP contribution in [0.3, 0.4) is 0 Å². The van der Waals surface area contributed by atoms with Crippen molar-refractivity contribution in [3.05, 3.63) is 47.3 Å². The monoisotopic (exact) mass is 266 g/mol. The highest BCUT2D eigenvalue weighted by Crippen LogP contribution is 2.21. The Bertz CT molecular complexity index is 993. The van der Waals surface area contributed by atoms with E-state index in [2.05, 4.69) is 20.1 Å². The van der Waals surface area contributed by atoms with Crippen molar-refractivity contribution in [2.75, 3.05) is 0 Å². The van der Waals surface area contributed by atoms with Gasteiger partial charge in [0, 0.05) is 13.2 Å². The number of aromatic nitrogens is 6. The van der Waals surface area contributed by atoms with Gasteiger partial charge in [-0.25, -0.2) is 19.3 Å². The van der Waals surface area contributed by atoms with Gasteiger partial charge in [-0.05, 0) is 12.1 Å². The predicted molar refractivity (Wildman–Crippen MR) is 73.3 cm³/mol. The molecule has 0 aliphatic carbocycles. The van der Waals surface area contributed by atoms with Crippen LogP contribution in [0.15, 0.2) is 41.6 Å².